The third kappa shape index (κ3) is 2.45. The predicted octanol–water partition coefficient (Wildman–Crippen LogP) is 6.17. The van der Waals surface area contributed by atoms with E-state index in [0.717, 1.165) is 78.9 Å². The van der Waals surface area contributed by atoms with Gasteiger partial charge in [0.05, 0.1) is 5.56 Å². The largest absolute Gasteiger partial charge is 0.456 e. The first kappa shape index (κ1) is 19.5. The molecule has 1 atom stereocenters. The minimum absolute atomic E-state index is 0.298. The van der Waals surface area contributed by atoms with Crippen LogP contribution in [0, 0.1) is 0 Å². The Labute approximate surface area is 198 Å². The Morgan fingerprint density at radius 3 is 2.70 bits per heavy atom. The van der Waals surface area contributed by atoms with Crippen LogP contribution < -0.4 is 9.64 Å². The SMILES string of the molecule is CCc1cc2c(cc1Cl)C1(OC(=O)c3ccccc31)c1cc3c4c(c1O2)CCCN4CCC3. The van der Waals surface area contributed by atoms with Crippen molar-refractivity contribution < 1.29 is 14.3 Å². The fraction of sp³-hybridized carbons (Fsp3) is 0.321. The number of halogens is 1. The van der Waals surface area contributed by atoms with Crippen molar-refractivity contribution in [2.75, 3.05) is 18.0 Å². The van der Waals surface area contributed by atoms with Gasteiger partial charge in [0.15, 0.2) is 5.60 Å². The maximum atomic E-state index is 13.2. The van der Waals surface area contributed by atoms with Crippen LogP contribution in [-0.2, 0) is 29.6 Å². The number of ether oxygens (including phenoxy) is 2. The van der Waals surface area contributed by atoms with Crippen LogP contribution in [-0.4, -0.2) is 19.1 Å². The summed E-state index contributed by atoms with van der Waals surface area (Å²) < 4.78 is 13.1. The lowest BCUT2D eigenvalue weighted by Crippen LogP contribution is -2.38. The minimum Gasteiger partial charge on any atom is -0.456 e. The number of hydrogen-bond acceptors (Lipinski definition) is 4. The number of aryl methyl sites for hydroxylation is 2. The van der Waals surface area contributed by atoms with Gasteiger partial charge in [0, 0.05) is 46.1 Å². The lowest BCUT2D eigenvalue weighted by Gasteiger charge is -2.43. The molecule has 0 amide bonds. The summed E-state index contributed by atoms with van der Waals surface area (Å²) in [5.41, 5.74) is 7.14. The van der Waals surface area contributed by atoms with E-state index in [-0.39, 0.29) is 5.97 Å². The van der Waals surface area contributed by atoms with Gasteiger partial charge in [-0.25, -0.2) is 4.79 Å². The number of hydrogen-bond donors (Lipinski definition) is 0. The third-order valence-corrected chi connectivity index (χ3v) is 8.10. The van der Waals surface area contributed by atoms with Crippen LogP contribution in [0.25, 0.3) is 0 Å². The van der Waals surface area contributed by atoms with Gasteiger partial charge in [-0.3, -0.25) is 0 Å². The van der Waals surface area contributed by atoms with E-state index in [1.807, 2.05) is 36.4 Å². The zero-order valence-electron chi connectivity index (χ0n) is 18.5. The lowest BCUT2D eigenvalue weighted by atomic mass is 9.74. The van der Waals surface area contributed by atoms with Crippen molar-refractivity contribution in [3.05, 3.63) is 86.4 Å². The van der Waals surface area contributed by atoms with Crippen molar-refractivity contribution in [2.45, 2.75) is 44.6 Å². The van der Waals surface area contributed by atoms with Crippen molar-refractivity contribution >= 4 is 23.3 Å². The second-order valence-electron chi connectivity index (χ2n) is 9.45. The predicted molar refractivity (Wildman–Crippen MR) is 128 cm³/mol. The maximum Gasteiger partial charge on any atom is 0.340 e. The number of esters is 1. The summed E-state index contributed by atoms with van der Waals surface area (Å²) in [7, 11) is 0. The Kier molecular flexibility index (Phi) is 4.00. The molecular formula is C28H24ClNO3. The summed E-state index contributed by atoms with van der Waals surface area (Å²) in [4.78, 5) is 15.7. The number of fused-ring (bicyclic) bond motifs is 7. The zero-order valence-corrected chi connectivity index (χ0v) is 19.3. The summed E-state index contributed by atoms with van der Waals surface area (Å²) in [5, 5.41) is 0.675. The fourth-order valence-corrected chi connectivity index (χ4v) is 6.60. The van der Waals surface area contributed by atoms with E-state index >= 15 is 0 Å². The van der Waals surface area contributed by atoms with Crippen molar-refractivity contribution in [3.63, 3.8) is 0 Å². The van der Waals surface area contributed by atoms with Gasteiger partial charge in [-0.1, -0.05) is 36.7 Å². The van der Waals surface area contributed by atoms with Gasteiger partial charge in [0.2, 0.25) is 0 Å². The number of nitrogens with zero attached hydrogens (tertiary/aromatic N) is 1. The van der Waals surface area contributed by atoms with E-state index in [1.54, 1.807) is 0 Å². The molecule has 3 aromatic rings. The molecule has 0 aromatic heterocycles. The topological polar surface area (TPSA) is 38.8 Å². The van der Waals surface area contributed by atoms with Gasteiger partial charge in [-0.2, -0.15) is 0 Å². The molecule has 33 heavy (non-hydrogen) atoms. The summed E-state index contributed by atoms with van der Waals surface area (Å²) >= 11 is 6.71. The highest BCUT2D eigenvalue weighted by Gasteiger charge is 2.54. The van der Waals surface area contributed by atoms with E-state index in [0.29, 0.717) is 10.6 Å². The van der Waals surface area contributed by atoms with Crippen LogP contribution in [0.3, 0.4) is 0 Å². The molecule has 0 fully saturated rings. The average Bonchev–Trinajstić information content (AvgIpc) is 3.14. The van der Waals surface area contributed by atoms with E-state index in [2.05, 4.69) is 17.9 Å². The summed E-state index contributed by atoms with van der Waals surface area (Å²) in [6.45, 7) is 4.27. The summed E-state index contributed by atoms with van der Waals surface area (Å²) in [6, 6.07) is 14.0. The molecule has 1 spiro atoms. The molecule has 0 saturated carbocycles. The summed E-state index contributed by atoms with van der Waals surface area (Å²) in [5.74, 6) is 1.30. The van der Waals surface area contributed by atoms with Gasteiger partial charge < -0.3 is 14.4 Å². The normalized spacial score (nSPS) is 21.6. The Morgan fingerprint density at radius 2 is 1.85 bits per heavy atom. The first-order valence-corrected chi connectivity index (χ1v) is 12.3. The molecule has 0 radical (unpaired) electrons. The van der Waals surface area contributed by atoms with Crippen LogP contribution in [0.1, 0.15) is 63.5 Å². The van der Waals surface area contributed by atoms with Crippen LogP contribution in [0.5, 0.6) is 11.5 Å². The standard InChI is InChI=1S/C28H24ClNO3/c1-2-16-14-24-21(15-23(16)29)28(20-10-4-3-8-18(20)27(31)33-28)22-13-17-7-5-11-30-12-6-9-19(25(17)30)26(22)32-24/h3-4,8,10,13-15H,2,5-7,9,11-12H2,1H3. The zero-order chi connectivity index (χ0) is 22.3. The maximum absolute atomic E-state index is 13.2. The fourth-order valence-electron chi connectivity index (χ4n) is 6.31. The molecule has 1 unspecified atom stereocenters. The van der Waals surface area contributed by atoms with Gasteiger partial charge >= 0.3 is 5.97 Å². The number of anilines is 1. The molecular weight excluding hydrogens is 434 g/mol. The van der Waals surface area contributed by atoms with Crippen LogP contribution >= 0.6 is 11.6 Å². The first-order chi connectivity index (χ1) is 16.1. The molecule has 7 rings (SSSR count). The molecule has 0 N–H and O–H groups in total. The Morgan fingerprint density at radius 1 is 1.03 bits per heavy atom. The molecule has 4 heterocycles. The van der Waals surface area contributed by atoms with Gasteiger partial charge in [0.1, 0.15) is 11.5 Å². The number of benzene rings is 3. The molecule has 3 aromatic carbocycles. The van der Waals surface area contributed by atoms with Crippen molar-refractivity contribution in [1.82, 2.24) is 0 Å². The molecule has 4 nitrogen and oxygen atoms in total. The lowest BCUT2D eigenvalue weighted by molar-refractivity contribution is 0.0223. The van der Waals surface area contributed by atoms with Crippen LogP contribution in [0.2, 0.25) is 5.02 Å². The van der Waals surface area contributed by atoms with Crippen LogP contribution in [0.15, 0.2) is 42.5 Å². The Bertz CT molecular complexity index is 1360. The molecule has 0 saturated heterocycles. The second kappa shape index (κ2) is 6.77. The number of rotatable bonds is 1. The Balaban J connectivity index is 1.60. The van der Waals surface area contributed by atoms with Gasteiger partial charge in [-0.05, 0) is 67.5 Å². The number of carbonyl (C=O) groups is 1. The van der Waals surface area contributed by atoms with Gasteiger partial charge in [-0.15, -0.1) is 0 Å². The van der Waals surface area contributed by atoms with Crippen LogP contribution in [0.4, 0.5) is 5.69 Å². The Hall–Kier alpha value is -2.98. The number of carbonyl (C=O) groups excluding carboxylic acids is 1. The monoisotopic (exact) mass is 457 g/mol. The highest BCUT2D eigenvalue weighted by molar-refractivity contribution is 6.31. The highest BCUT2D eigenvalue weighted by Crippen LogP contribution is 2.59. The van der Waals surface area contributed by atoms with E-state index in [1.165, 1.54) is 16.8 Å². The van der Waals surface area contributed by atoms with E-state index in [4.69, 9.17) is 21.1 Å². The van der Waals surface area contributed by atoms with Gasteiger partial charge in [0.25, 0.3) is 0 Å². The molecule has 5 heteroatoms. The highest BCUT2D eigenvalue weighted by atomic mass is 35.5. The smallest absolute Gasteiger partial charge is 0.340 e. The van der Waals surface area contributed by atoms with Crippen molar-refractivity contribution in [2.24, 2.45) is 0 Å². The van der Waals surface area contributed by atoms with Crippen molar-refractivity contribution in [1.29, 1.82) is 0 Å². The molecule has 4 aliphatic rings. The third-order valence-electron chi connectivity index (χ3n) is 7.74. The van der Waals surface area contributed by atoms with Crippen molar-refractivity contribution in [3.8, 4) is 11.5 Å². The van der Waals surface area contributed by atoms with E-state index in [9.17, 15) is 4.79 Å². The first-order valence-electron chi connectivity index (χ1n) is 11.9. The minimum atomic E-state index is -1.04. The quantitative estimate of drug-likeness (QED) is 0.410. The average molecular weight is 458 g/mol. The molecule has 166 valence electrons. The van der Waals surface area contributed by atoms with E-state index < -0.39 is 5.60 Å². The molecule has 0 aliphatic carbocycles. The molecule has 0 bridgehead atoms. The second-order valence-corrected chi connectivity index (χ2v) is 9.85. The summed E-state index contributed by atoms with van der Waals surface area (Å²) in [6.07, 6.45) is 5.04. The molecule has 4 aliphatic heterocycles.